The third-order valence-electron chi connectivity index (χ3n) is 14.5. The van der Waals surface area contributed by atoms with Crippen molar-refractivity contribution in [2.75, 3.05) is 21.3 Å². The number of fused-ring (bicyclic) bond motifs is 8. The Kier molecular flexibility index (Phi) is 13.0. The molecule has 0 saturated carbocycles. The van der Waals surface area contributed by atoms with E-state index in [9.17, 15) is 44.7 Å². The molecule has 0 aromatic heterocycles. The number of aliphatic hydroxyl groups is 1. The highest BCUT2D eigenvalue weighted by Gasteiger charge is 2.43. The van der Waals surface area contributed by atoms with Crippen LogP contribution in [0.15, 0.2) is 157 Å². The molecule has 12 heteroatoms. The monoisotopic (exact) mass is 962 g/mol. The number of hydrogen-bond donors (Lipinski definition) is 5. The van der Waals surface area contributed by atoms with Gasteiger partial charge < -0.3 is 39.7 Å². The molecule has 362 valence electrons. The predicted molar refractivity (Wildman–Crippen MR) is 269 cm³/mol. The van der Waals surface area contributed by atoms with Crippen LogP contribution in [0.1, 0.15) is 128 Å². The maximum absolute atomic E-state index is 12.4. The number of allylic oxidation sites excluding steroid dienone is 3. The second-order valence-electron chi connectivity index (χ2n) is 18.2. The molecule has 72 heavy (non-hydrogen) atoms. The standard InChI is InChI=1S/C60H50O12/c1-60(40-19-11-36(32-64)12-20-40)47-23-43(49(65)25-52(47)68)59(39-17-9-35(31-63)10-18-39)45-21-41(50(66)26-55(45)71-3)57(37-13-5-33(29-61)6-14-37)44-22-42(51(67)27-54(44)70-2)58(38-15-7-34(30-62)8-16-38)46-24-48(60)53(69)28-56(46)72-4/h5-21,23-32,44,57-59,65-69H,22H2,1-4H3. The number of benzene rings is 7. The molecule has 0 fully saturated rings. The van der Waals surface area contributed by atoms with Gasteiger partial charge in [-0.1, -0.05) is 97.1 Å². The summed E-state index contributed by atoms with van der Waals surface area (Å²) in [5.41, 5.74) is 4.96. The van der Waals surface area contributed by atoms with E-state index in [1.165, 1.54) is 39.5 Å². The van der Waals surface area contributed by atoms with Crippen LogP contribution in [0, 0.1) is 5.92 Å². The summed E-state index contributed by atoms with van der Waals surface area (Å²) >= 11 is 0. The summed E-state index contributed by atoms with van der Waals surface area (Å²) < 4.78 is 18.3. The van der Waals surface area contributed by atoms with Gasteiger partial charge in [0.2, 0.25) is 0 Å². The van der Waals surface area contributed by atoms with Crippen LogP contribution in [-0.4, -0.2) is 72.0 Å². The number of ether oxygens (including phenoxy) is 3. The second kappa shape index (κ2) is 19.5. The first-order chi connectivity index (χ1) is 34.8. The molecule has 7 aromatic rings. The van der Waals surface area contributed by atoms with Gasteiger partial charge in [-0.05, 0) is 59.4 Å². The molecule has 0 aliphatic heterocycles. The van der Waals surface area contributed by atoms with Gasteiger partial charge in [0.25, 0.3) is 0 Å². The highest BCUT2D eigenvalue weighted by atomic mass is 16.5. The molecule has 0 saturated heterocycles. The van der Waals surface area contributed by atoms with Crippen LogP contribution < -0.4 is 9.47 Å². The van der Waals surface area contributed by atoms with Crippen molar-refractivity contribution in [2.45, 2.75) is 36.5 Å². The molecule has 7 aromatic carbocycles. The van der Waals surface area contributed by atoms with Crippen molar-refractivity contribution in [3.8, 4) is 34.5 Å². The smallest absolute Gasteiger partial charge is 0.150 e. The summed E-state index contributed by atoms with van der Waals surface area (Å²) in [5.74, 6) is -3.70. The van der Waals surface area contributed by atoms with Gasteiger partial charge in [0.05, 0.1) is 21.3 Å². The lowest BCUT2D eigenvalue weighted by Crippen LogP contribution is -2.28. The number of carbonyl (C=O) groups is 4. The summed E-state index contributed by atoms with van der Waals surface area (Å²) in [6.45, 7) is 1.80. The molecule has 2 aliphatic carbocycles. The number of phenols is 4. The number of rotatable bonds is 11. The van der Waals surface area contributed by atoms with E-state index in [-0.39, 0.29) is 63.4 Å². The van der Waals surface area contributed by atoms with Gasteiger partial charge in [-0.25, -0.2) is 0 Å². The van der Waals surface area contributed by atoms with Crippen molar-refractivity contribution in [3.63, 3.8) is 0 Å². The molecule has 5 atom stereocenters. The van der Waals surface area contributed by atoms with Crippen molar-refractivity contribution < 1.29 is 58.9 Å². The van der Waals surface area contributed by atoms with Gasteiger partial charge in [0.15, 0.2) is 0 Å². The van der Waals surface area contributed by atoms with E-state index in [2.05, 4.69) is 0 Å². The molecule has 8 bridgehead atoms. The zero-order valence-corrected chi connectivity index (χ0v) is 39.7. The van der Waals surface area contributed by atoms with Crippen molar-refractivity contribution in [3.05, 3.63) is 235 Å². The van der Waals surface area contributed by atoms with E-state index in [1.807, 2.05) is 0 Å². The van der Waals surface area contributed by atoms with Crippen molar-refractivity contribution in [1.29, 1.82) is 0 Å². The van der Waals surface area contributed by atoms with Gasteiger partial charge in [0.1, 0.15) is 71.2 Å². The minimum atomic E-state index is -1.52. The molecule has 0 spiro atoms. The Hall–Kier alpha value is -8.90. The number of hydrogen-bond acceptors (Lipinski definition) is 12. The molecule has 2 aliphatic rings. The van der Waals surface area contributed by atoms with E-state index in [0.717, 1.165) is 12.6 Å². The minimum absolute atomic E-state index is 0.0769. The quantitative estimate of drug-likeness (QED) is 0.0771. The first-order valence-electron chi connectivity index (χ1n) is 23.1. The largest absolute Gasteiger partial charge is 0.508 e. The first kappa shape index (κ1) is 48.1. The van der Waals surface area contributed by atoms with Gasteiger partial charge in [-0.3, -0.25) is 19.2 Å². The lowest BCUT2D eigenvalue weighted by molar-refractivity contribution is 0.111. The second-order valence-corrected chi connectivity index (χ2v) is 18.2. The fraction of sp³-hybridized carbons (Fsp3) is 0.167. The molecule has 0 heterocycles. The van der Waals surface area contributed by atoms with E-state index >= 15 is 0 Å². The molecule has 0 radical (unpaired) electrons. The van der Waals surface area contributed by atoms with Crippen LogP contribution in [0.3, 0.4) is 0 Å². The number of aldehydes is 4. The zero-order chi connectivity index (χ0) is 51.0. The lowest BCUT2D eigenvalue weighted by atomic mass is 9.66. The SMILES string of the molecule is COC1=CC(O)=C2CC1C(c1ccc(C=O)cc1)c1cc(c(OC)cc1O)C(c1ccc(C=O)cc1)c1cc(c(O)cc1O)C(C)(c1ccc(C=O)cc1)c1cc(c(OC)cc1O)C2c1ccc(C=O)cc1. The summed E-state index contributed by atoms with van der Waals surface area (Å²) in [5, 5.41) is 61.8. The number of aliphatic hydroxyl groups excluding tert-OH is 1. The summed E-state index contributed by atoms with van der Waals surface area (Å²) in [4.78, 5) is 48.2. The van der Waals surface area contributed by atoms with Gasteiger partial charge in [0, 0.05) is 109 Å². The van der Waals surface area contributed by atoms with Gasteiger partial charge in [-0.2, -0.15) is 0 Å². The van der Waals surface area contributed by atoms with E-state index in [1.54, 1.807) is 128 Å². The van der Waals surface area contributed by atoms with Crippen LogP contribution >= 0.6 is 0 Å². The van der Waals surface area contributed by atoms with Gasteiger partial charge >= 0.3 is 0 Å². The maximum atomic E-state index is 12.4. The highest BCUT2D eigenvalue weighted by Crippen LogP contribution is 2.56. The topological polar surface area (TPSA) is 197 Å². The Morgan fingerprint density at radius 1 is 0.472 bits per heavy atom. The number of phenolic OH excluding ortho intramolecular Hbond substituents is 4. The van der Waals surface area contributed by atoms with Crippen LogP contribution in [0.5, 0.6) is 34.5 Å². The van der Waals surface area contributed by atoms with Gasteiger partial charge in [-0.15, -0.1) is 0 Å². The highest BCUT2D eigenvalue weighted by molar-refractivity contribution is 5.77. The molecular weight excluding hydrogens is 913 g/mol. The summed E-state index contributed by atoms with van der Waals surface area (Å²) in [6, 6.07) is 36.6. The summed E-state index contributed by atoms with van der Waals surface area (Å²) in [6.07, 6.45) is 4.49. The van der Waals surface area contributed by atoms with E-state index in [0.29, 0.717) is 85.1 Å². The van der Waals surface area contributed by atoms with Crippen LogP contribution in [0.2, 0.25) is 0 Å². The van der Waals surface area contributed by atoms with E-state index in [4.69, 9.17) is 14.2 Å². The third-order valence-corrected chi connectivity index (χ3v) is 14.5. The van der Waals surface area contributed by atoms with Crippen molar-refractivity contribution >= 4 is 25.1 Å². The zero-order valence-electron chi connectivity index (χ0n) is 39.7. The fourth-order valence-electron chi connectivity index (χ4n) is 10.8. The third kappa shape index (κ3) is 8.30. The molecule has 5 unspecified atom stereocenters. The Morgan fingerprint density at radius 3 is 1.40 bits per heavy atom. The van der Waals surface area contributed by atoms with Crippen molar-refractivity contribution in [1.82, 2.24) is 0 Å². The Bertz CT molecular complexity index is 3320. The predicted octanol–water partition coefficient (Wildman–Crippen LogP) is 11.0. The molecule has 5 N–H and O–H groups in total. The van der Waals surface area contributed by atoms with Crippen LogP contribution in [0.25, 0.3) is 0 Å². The first-order valence-corrected chi connectivity index (χ1v) is 23.1. The minimum Gasteiger partial charge on any atom is -0.508 e. The molecular formula is C60H50O12. The number of aromatic hydroxyl groups is 4. The number of carbonyl (C=O) groups excluding carboxylic acids is 4. The lowest BCUT2D eigenvalue weighted by Gasteiger charge is -2.38. The average molecular weight is 963 g/mol. The molecule has 9 rings (SSSR count). The fourth-order valence-corrected chi connectivity index (χ4v) is 10.8. The summed E-state index contributed by atoms with van der Waals surface area (Å²) in [7, 11) is 4.40. The van der Waals surface area contributed by atoms with Crippen LogP contribution in [0.4, 0.5) is 0 Å². The average Bonchev–Trinajstić information content (AvgIpc) is 3.40. The Balaban J connectivity index is 1.49. The van der Waals surface area contributed by atoms with Crippen LogP contribution in [-0.2, 0) is 10.2 Å². The number of methoxy groups -OCH3 is 3. The normalized spacial score (nSPS) is 19.4. The molecule has 0 amide bonds. The molecule has 12 nitrogen and oxygen atoms in total. The maximum Gasteiger partial charge on any atom is 0.150 e. The van der Waals surface area contributed by atoms with E-state index < -0.39 is 29.1 Å². The van der Waals surface area contributed by atoms with Crippen molar-refractivity contribution in [2.24, 2.45) is 5.92 Å². The Labute approximate surface area is 415 Å². The Morgan fingerprint density at radius 2 is 0.903 bits per heavy atom.